The second-order valence-electron chi connectivity index (χ2n) is 17.8. The maximum absolute atomic E-state index is 13.4. The van der Waals surface area contributed by atoms with Gasteiger partial charge in [-0.05, 0) is 156 Å². The summed E-state index contributed by atoms with van der Waals surface area (Å²) in [4.78, 5) is 55.4. The molecule has 2 N–H and O–H groups in total. The minimum Gasteiger partial charge on any atom is -0.444 e. The molecule has 10 nitrogen and oxygen atoms in total. The van der Waals surface area contributed by atoms with Crippen molar-refractivity contribution >= 4 is 35.4 Å². The van der Waals surface area contributed by atoms with Gasteiger partial charge in [-0.3, -0.25) is 19.4 Å². The molecule has 2 atom stereocenters. The van der Waals surface area contributed by atoms with Crippen LogP contribution >= 0.6 is 0 Å². The SMILES string of the molecule is CC(C)(C)OC(=O)N1CCCC1C(=O)Nc1ccc(-c2ccc(-c3ccc(NC(=O)[C@@H]4CCCN4C(=O)OC(C)(C)C)cc3)c3c2CCC32CCCC2)cc1. The van der Waals surface area contributed by atoms with Gasteiger partial charge in [-0.15, -0.1) is 0 Å². The van der Waals surface area contributed by atoms with E-state index in [0.29, 0.717) is 37.3 Å². The molecule has 2 aliphatic carbocycles. The Morgan fingerprint density at radius 3 is 1.49 bits per heavy atom. The van der Waals surface area contributed by atoms with E-state index in [4.69, 9.17) is 9.47 Å². The number of likely N-dealkylation sites (tertiary alicyclic amines) is 2. The molecule has 3 aromatic rings. The third-order valence-corrected chi connectivity index (χ3v) is 11.6. The Bertz CT molecular complexity index is 1940. The van der Waals surface area contributed by atoms with Gasteiger partial charge in [0.1, 0.15) is 23.3 Å². The molecule has 292 valence electrons. The largest absolute Gasteiger partial charge is 0.444 e. The molecule has 3 aromatic carbocycles. The Morgan fingerprint density at radius 1 is 0.600 bits per heavy atom. The van der Waals surface area contributed by atoms with Crippen LogP contribution in [0.3, 0.4) is 0 Å². The van der Waals surface area contributed by atoms with Crippen LogP contribution in [0, 0.1) is 0 Å². The molecule has 2 aliphatic heterocycles. The zero-order valence-electron chi connectivity index (χ0n) is 33.3. The Hall–Kier alpha value is -4.86. The Morgan fingerprint density at radius 2 is 1.04 bits per heavy atom. The third kappa shape index (κ3) is 8.24. The molecular weight excluding hydrogens is 693 g/mol. The molecule has 1 saturated carbocycles. The van der Waals surface area contributed by atoms with Crippen LogP contribution in [-0.2, 0) is 30.9 Å². The average molecular weight is 749 g/mol. The van der Waals surface area contributed by atoms with E-state index in [9.17, 15) is 19.2 Å². The van der Waals surface area contributed by atoms with E-state index in [2.05, 4.69) is 47.0 Å². The van der Waals surface area contributed by atoms with Gasteiger partial charge in [0, 0.05) is 24.5 Å². The summed E-state index contributed by atoms with van der Waals surface area (Å²) in [6.07, 6.45) is 8.83. The van der Waals surface area contributed by atoms with Crippen molar-refractivity contribution in [3.63, 3.8) is 0 Å². The first-order valence-electron chi connectivity index (χ1n) is 20.1. The Kier molecular flexibility index (Phi) is 10.5. The van der Waals surface area contributed by atoms with Crippen molar-refractivity contribution in [3.8, 4) is 22.3 Å². The van der Waals surface area contributed by atoms with Gasteiger partial charge in [0.15, 0.2) is 0 Å². The average Bonchev–Trinajstić information content (AvgIpc) is 3.95. The molecule has 3 fully saturated rings. The molecule has 55 heavy (non-hydrogen) atoms. The molecule has 4 aliphatic rings. The van der Waals surface area contributed by atoms with Crippen molar-refractivity contribution in [1.82, 2.24) is 9.80 Å². The highest BCUT2D eigenvalue weighted by atomic mass is 16.6. The zero-order chi connectivity index (χ0) is 39.1. The molecule has 7 rings (SSSR count). The molecule has 4 amide bonds. The number of carbonyl (C=O) groups is 4. The number of benzene rings is 3. The molecule has 0 bridgehead atoms. The topological polar surface area (TPSA) is 117 Å². The first kappa shape index (κ1) is 38.4. The van der Waals surface area contributed by atoms with Crippen LogP contribution in [0.1, 0.15) is 110 Å². The number of anilines is 2. The van der Waals surface area contributed by atoms with Crippen LogP contribution < -0.4 is 10.6 Å². The quantitative estimate of drug-likeness (QED) is 0.260. The summed E-state index contributed by atoms with van der Waals surface area (Å²) in [7, 11) is 0. The van der Waals surface area contributed by atoms with Gasteiger partial charge >= 0.3 is 12.2 Å². The van der Waals surface area contributed by atoms with Crippen molar-refractivity contribution < 1.29 is 28.7 Å². The van der Waals surface area contributed by atoms with E-state index in [1.54, 1.807) is 9.80 Å². The lowest BCUT2D eigenvalue weighted by molar-refractivity contribution is -0.121. The van der Waals surface area contributed by atoms with Gasteiger partial charge in [-0.1, -0.05) is 49.2 Å². The summed E-state index contributed by atoms with van der Waals surface area (Å²) in [5.41, 5.74) is 7.87. The summed E-state index contributed by atoms with van der Waals surface area (Å²) in [5.74, 6) is -0.394. The molecule has 1 unspecified atom stereocenters. The molecule has 0 radical (unpaired) electrons. The first-order valence-corrected chi connectivity index (χ1v) is 20.1. The fraction of sp³-hybridized carbons (Fsp3) is 0.511. The van der Waals surface area contributed by atoms with Gasteiger partial charge in [0.25, 0.3) is 0 Å². The number of hydrogen-bond acceptors (Lipinski definition) is 6. The lowest BCUT2D eigenvalue weighted by atomic mass is 9.76. The van der Waals surface area contributed by atoms with E-state index in [0.717, 1.165) is 36.8 Å². The van der Waals surface area contributed by atoms with E-state index in [-0.39, 0.29) is 17.2 Å². The third-order valence-electron chi connectivity index (χ3n) is 11.6. The number of ether oxygens (including phenoxy) is 2. The number of carbonyl (C=O) groups excluding carboxylic acids is 4. The molecule has 2 heterocycles. The van der Waals surface area contributed by atoms with Gasteiger partial charge < -0.3 is 20.1 Å². The molecular formula is C45H56N4O6. The lowest BCUT2D eigenvalue weighted by Crippen LogP contribution is -2.45. The van der Waals surface area contributed by atoms with E-state index >= 15 is 0 Å². The van der Waals surface area contributed by atoms with Crippen molar-refractivity contribution in [2.75, 3.05) is 23.7 Å². The van der Waals surface area contributed by atoms with Crippen molar-refractivity contribution in [3.05, 3.63) is 71.8 Å². The van der Waals surface area contributed by atoms with Crippen LogP contribution in [0.15, 0.2) is 60.7 Å². The summed E-state index contributed by atoms with van der Waals surface area (Å²) in [5, 5.41) is 6.09. The Balaban J connectivity index is 1.08. The van der Waals surface area contributed by atoms with Gasteiger partial charge in [-0.25, -0.2) is 9.59 Å². The summed E-state index contributed by atoms with van der Waals surface area (Å²) < 4.78 is 11.1. The minimum atomic E-state index is -0.625. The fourth-order valence-electron chi connectivity index (χ4n) is 9.14. The van der Waals surface area contributed by atoms with Crippen LogP contribution in [0.4, 0.5) is 21.0 Å². The molecule has 2 saturated heterocycles. The predicted molar refractivity (Wildman–Crippen MR) is 215 cm³/mol. The monoisotopic (exact) mass is 748 g/mol. The van der Waals surface area contributed by atoms with Gasteiger partial charge in [0.2, 0.25) is 11.8 Å². The molecule has 0 aromatic heterocycles. The maximum Gasteiger partial charge on any atom is 0.410 e. The van der Waals surface area contributed by atoms with Crippen LogP contribution in [0.2, 0.25) is 0 Å². The highest BCUT2D eigenvalue weighted by Gasteiger charge is 2.44. The normalized spacial score (nSPS) is 20.4. The first-order chi connectivity index (χ1) is 26.1. The predicted octanol–water partition coefficient (Wildman–Crippen LogP) is 9.45. The number of nitrogens with zero attached hydrogens (tertiary/aromatic N) is 2. The summed E-state index contributed by atoms with van der Waals surface area (Å²) in [6.45, 7) is 12.0. The fourth-order valence-corrected chi connectivity index (χ4v) is 9.14. The molecule has 10 heteroatoms. The van der Waals surface area contributed by atoms with Gasteiger partial charge in [0.05, 0.1) is 0 Å². The number of amides is 4. The number of hydrogen-bond donors (Lipinski definition) is 2. The second-order valence-corrected chi connectivity index (χ2v) is 17.8. The standard InChI is InChI=1S/C45H56N4O6/c1-43(2,3)54-41(52)48-27-9-11-36(48)39(50)46-31-17-13-29(14-18-31)33-21-22-34(38-35(33)23-26-45(38)24-7-8-25-45)30-15-19-32(20-16-30)47-40(51)37-12-10-28-49(37)42(53)55-44(4,5)6/h13-22,36-37H,7-12,23-28H2,1-6H3,(H,46,50)(H,47,51)/t36?,37-/m0/s1. The maximum atomic E-state index is 13.4. The number of fused-ring (bicyclic) bond motifs is 2. The minimum absolute atomic E-state index is 0.163. The van der Waals surface area contributed by atoms with Crippen LogP contribution in [-0.4, -0.2) is 70.2 Å². The van der Waals surface area contributed by atoms with Crippen molar-refractivity contribution in [1.29, 1.82) is 0 Å². The summed E-state index contributed by atoms with van der Waals surface area (Å²) in [6, 6.07) is 19.5. The van der Waals surface area contributed by atoms with Crippen molar-refractivity contribution in [2.24, 2.45) is 0 Å². The van der Waals surface area contributed by atoms with E-state index in [1.165, 1.54) is 47.9 Å². The number of rotatable bonds is 6. The van der Waals surface area contributed by atoms with Crippen LogP contribution in [0.25, 0.3) is 22.3 Å². The highest BCUT2D eigenvalue weighted by Crippen LogP contribution is 2.55. The van der Waals surface area contributed by atoms with Crippen molar-refractivity contribution in [2.45, 2.75) is 134 Å². The second kappa shape index (κ2) is 15.0. The number of nitrogens with one attached hydrogen (secondary N) is 2. The summed E-state index contributed by atoms with van der Waals surface area (Å²) >= 11 is 0. The lowest BCUT2D eigenvalue weighted by Gasteiger charge is -2.28. The smallest absolute Gasteiger partial charge is 0.410 e. The van der Waals surface area contributed by atoms with Crippen LogP contribution in [0.5, 0.6) is 0 Å². The zero-order valence-corrected chi connectivity index (χ0v) is 33.3. The van der Waals surface area contributed by atoms with E-state index < -0.39 is 35.5 Å². The Labute approximate surface area is 325 Å². The molecule has 1 spiro atoms. The van der Waals surface area contributed by atoms with Gasteiger partial charge in [-0.2, -0.15) is 0 Å². The van der Waals surface area contributed by atoms with E-state index in [1.807, 2.05) is 65.8 Å². The highest BCUT2D eigenvalue weighted by molar-refractivity contribution is 5.98.